The largest absolute Gasteiger partial charge is 0.444 e. The maximum absolute atomic E-state index is 12.6. The van der Waals surface area contributed by atoms with Gasteiger partial charge in [-0.15, -0.1) is 12.3 Å². The topological polar surface area (TPSA) is 42.0 Å². The zero-order valence-electron chi connectivity index (χ0n) is 18.5. The normalized spacial score (nSPS) is 25.7. The summed E-state index contributed by atoms with van der Waals surface area (Å²) in [7, 11) is -1.95. The van der Waals surface area contributed by atoms with E-state index < -0.39 is 13.9 Å². The molecule has 0 spiro atoms. The van der Waals surface area contributed by atoms with Crippen LogP contribution in [0.4, 0.5) is 4.79 Å². The molecule has 0 saturated carbocycles. The third kappa shape index (κ3) is 5.49. The van der Waals surface area contributed by atoms with Crippen molar-refractivity contribution in [2.75, 3.05) is 26.2 Å². The van der Waals surface area contributed by atoms with Crippen LogP contribution in [-0.2, 0) is 9.16 Å². The van der Waals surface area contributed by atoms with Crippen LogP contribution in [0, 0.1) is 18.3 Å². The Morgan fingerprint density at radius 2 is 1.70 bits per heavy atom. The third-order valence-corrected chi connectivity index (χ3v) is 10.5. The van der Waals surface area contributed by atoms with E-state index in [4.69, 9.17) is 15.6 Å². The zero-order chi connectivity index (χ0) is 20.6. The number of carbonyl (C=O) groups excluding carboxylic acids is 1. The number of hydrogen-bond donors (Lipinski definition) is 0. The lowest BCUT2D eigenvalue weighted by molar-refractivity contribution is -0.0472. The fourth-order valence-corrected chi connectivity index (χ4v) is 4.72. The van der Waals surface area contributed by atoms with Crippen LogP contribution >= 0.6 is 0 Å². The molecule has 0 radical (unpaired) electrons. The second kappa shape index (κ2) is 7.77. The van der Waals surface area contributed by atoms with E-state index in [1.54, 1.807) is 0 Å². The lowest BCUT2D eigenvalue weighted by Gasteiger charge is -2.51. The summed E-state index contributed by atoms with van der Waals surface area (Å²) in [5.74, 6) is 3.20. The molecule has 2 rings (SSSR count). The summed E-state index contributed by atoms with van der Waals surface area (Å²) in [5.41, 5.74) is -0.485. The van der Waals surface area contributed by atoms with Gasteiger partial charge in [0.1, 0.15) is 5.60 Å². The van der Waals surface area contributed by atoms with Gasteiger partial charge in [-0.25, -0.2) is 4.79 Å². The number of hydrogen-bond acceptors (Lipinski definition) is 4. The first-order valence-electron chi connectivity index (χ1n) is 10.1. The van der Waals surface area contributed by atoms with Crippen molar-refractivity contribution in [1.29, 1.82) is 0 Å². The van der Waals surface area contributed by atoms with E-state index in [1.807, 2.05) is 25.7 Å². The highest BCUT2D eigenvalue weighted by molar-refractivity contribution is 6.74. The number of ether oxygens (including phenoxy) is 1. The van der Waals surface area contributed by atoms with Gasteiger partial charge in [-0.2, -0.15) is 0 Å². The van der Waals surface area contributed by atoms with Crippen molar-refractivity contribution in [2.45, 2.75) is 83.8 Å². The lowest BCUT2D eigenvalue weighted by atomic mass is 9.92. The minimum absolute atomic E-state index is 0.00545. The van der Waals surface area contributed by atoms with Crippen LogP contribution in [0.3, 0.4) is 0 Å². The molecule has 0 aromatic carbocycles. The van der Waals surface area contributed by atoms with E-state index in [1.165, 1.54) is 0 Å². The molecular formula is C21H38N2O3Si. The van der Waals surface area contributed by atoms with E-state index in [0.29, 0.717) is 25.0 Å². The average molecular weight is 395 g/mol. The van der Waals surface area contributed by atoms with Crippen molar-refractivity contribution in [3.63, 3.8) is 0 Å². The van der Waals surface area contributed by atoms with Crippen LogP contribution < -0.4 is 0 Å². The first-order chi connectivity index (χ1) is 12.2. The molecule has 6 heteroatoms. The highest BCUT2D eigenvalue weighted by atomic mass is 28.4. The molecule has 2 aliphatic heterocycles. The molecule has 1 amide bonds. The average Bonchev–Trinajstić information content (AvgIpc) is 2.44. The fraction of sp³-hybridized carbons (Fsp3) is 0.857. The quantitative estimate of drug-likeness (QED) is 0.537. The van der Waals surface area contributed by atoms with Crippen molar-refractivity contribution in [3.8, 4) is 12.3 Å². The Morgan fingerprint density at radius 1 is 1.11 bits per heavy atom. The second-order valence-electron chi connectivity index (χ2n) is 10.5. The molecule has 2 fully saturated rings. The van der Waals surface area contributed by atoms with Gasteiger partial charge in [0.05, 0.1) is 12.6 Å². The molecule has 154 valence electrons. The van der Waals surface area contributed by atoms with Crippen LogP contribution in [0.5, 0.6) is 0 Å². The van der Waals surface area contributed by atoms with E-state index >= 15 is 0 Å². The Morgan fingerprint density at radius 3 is 2.19 bits per heavy atom. The van der Waals surface area contributed by atoms with Crippen LogP contribution in [0.2, 0.25) is 18.1 Å². The molecule has 2 aliphatic rings. The molecule has 5 nitrogen and oxygen atoms in total. The Bertz CT molecular complexity index is 580. The second-order valence-corrected chi connectivity index (χ2v) is 15.3. The number of likely N-dealkylation sites (tertiary alicyclic amines) is 2. The smallest absolute Gasteiger partial charge is 0.410 e. The lowest BCUT2D eigenvalue weighted by Crippen LogP contribution is -2.64. The molecule has 2 heterocycles. The summed E-state index contributed by atoms with van der Waals surface area (Å²) in [5, 5.41) is 0.127. The molecule has 0 aliphatic carbocycles. The summed E-state index contributed by atoms with van der Waals surface area (Å²) < 4.78 is 12.4. The van der Waals surface area contributed by atoms with E-state index in [0.717, 1.165) is 19.5 Å². The van der Waals surface area contributed by atoms with Crippen LogP contribution in [-0.4, -0.2) is 68.1 Å². The maximum atomic E-state index is 12.6. The molecule has 1 unspecified atom stereocenters. The highest BCUT2D eigenvalue weighted by Gasteiger charge is 2.46. The van der Waals surface area contributed by atoms with Gasteiger partial charge in [0, 0.05) is 31.6 Å². The van der Waals surface area contributed by atoms with Crippen molar-refractivity contribution in [3.05, 3.63) is 0 Å². The number of amides is 1. The van der Waals surface area contributed by atoms with Crippen LogP contribution in [0.25, 0.3) is 0 Å². The molecule has 0 bridgehead atoms. The highest BCUT2D eigenvalue weighted by Crippen LogP contribution is 2.39. The van der Waals surface area contributed by atoms with Crippen molar-refractivity contribution >= 4 is 14.4 Å². The van der Waals surface area contributed by atoms with Gasteiger partial charge in [0.15, 0.2) is 8.32 Å². The number of terminal acetylenes is 1. The molecule has 27 heavy (non-hydrogen) atoms. The summed E-state index contributed by atoms with van der Waals surface area (Å²) in [6.07, 6.45) is 6.23. The van der Waals surface area contributed by atoms with Gasteiger partial charge in [-0.05, 0) is 45.3 Å². The Balaban J connectivity index is 2.13. The Kier molecular flexibility index (Phi) is 6.40. The van der Waals surface area contributed by atoms with Crippen LogP contribution in [0.1, 0.15) is 48.0 Å². The minimum Gasteiger partial charge on any atom is -0.444 e. The molecule has 0 aromatic rings. The zero-order valence-corrected chi connectivity index (χ0v) is 19.5. The van der Waals surface area contributed by atoms with Crippen molar-refractivity contribution < 1.29 is 14.0 Å². The van der Waals surface area contributed by atoms with Crippen molar-refractivity contribution in [2.24, 2.45) is 5.92 Å². The molecule has 2 atom stereocenters. The van der Waals surface area contributed by atoms with Gasteiger partial charge >= 0.3 is 6.09 Å². The first-order valence-corrected chi connectivity index (χ1v) is 13.0. The predicted octanol–water partition coefficient (Wildman–Crippen LogP) is 3.95. The molecule has 0 aromatic heterocycles. The summed E-state index contributed by atoms with van der Waals surface area (Å²) in [6.45, 7) is 20.2. The fourth-order valence-electron chi connectivity index (χ4n) is 3.37. The molecule has 2 saturated heterocycles. The minimum atomic E-state index is -1.95. The maximum Gasteiger partial charge on any atom is 0.410 e. The number of rotatable bonds is 3. The predicted molar refractivity (Wildman–Crippen MR) is 112 cm³/mol. The number of piperidine rings is 1. The summed E-state index contributed by atoms with van der Waals surface area (Å²) >= 11 is 0. The molecule has 0 N–H and O–H groups in total. The standard InChI is InChI=1S/C21H38N2O3Si/c1-10-16-13-23(14-16)17-11-12-22(19(24)25-20(2,3)4)15-18(17)26-27(8,9)21(5,6)7/h1,16-18H,11-15H2,2-9H3/t17-,18?/m0/s1. The number of nitrogens with zero attached hydrogens (tertiary/aromatic N) is 2. The Labute approximate surface area is 166 Å². The van der Waals surface area contributed by atoms with Gasteiger partial charge < -0.3 is 14.1 Å². The summed E-state index contributed by atoms with van der Waals surface area (Å²) in [6, 6.07) is 0.322. The first kappa shape index (κ1) is 22.3. The monoisotopic (exact) mass is 394 g/mol. The van der Waals surface area contributed by atoms with E-state index in [9.17, 15) is 4.79 Å². The van der Waals surface area contributed by atoms with Crippen molar-refractivity contribution in [1.82, 2.24) is 9.80 Å². The van der Waals surface area contributed by atoms with Gasteiger partial charge in [-0.3, -0.25) is 4.90 Å². The molecular weight excluding hydrogens is 356 g/mol. The Hall–Kier alpha value is -1.03. The summed E-state index contributed by atoms with van der Waals surface area (Å²) in [4.78, 5) is 16.9. The number of carbonyl (C=O) groups is 1. The van der Waals surface area contributed by atoms with Gasteiger partial charge in [0.2, 0.25) is 0 Å². The SMILES string of the molecule is C#CC1CN([C@H]2CCN(C(=O)OC(C)(C)C)CC2O[Si](C)(C)C(C)(C)C)C1. The van der Waals surface area contributed by atoms with Gasteiger partial charge in [0.25, 0.3) is 0 Å². The third-order valence-electron chi connectivity index (χ3n) is 6.04. The van der Waals surface area contributed by atoms with Gasteiger partial charge in [-0.1, -0.05) is 20.8 Å². The van der Waals surface area contributed by atoms with Crippen LogP contribution in [0.15, 0.2) is 0 Å². The van der Waals surface area contributed by atoms with E-state index in [-0.39, 0.29) is 17.2 Å². The van der Waals surface area contributed by atoms with E-state index in [2.05, 4.69) is 44.7 Å².